The van der Waals surface area contributed by atoms with E-state index in [0.717, 1.165) is 6.42 Å². The predicted octanol–water partition coefficient (Wildman–Crippen LogP) is 6.16. The number of carbonyl (C=O) groups excluding carboxylic acids is 1. The first-order chi connectivity index (χ1) is 10.3. The molecule has 0 aliphatic carbocycles. The largest absolute Gasteiger partial charge is 0.352 e. The molecule has 0 fully saturated rings. The first kappa shape index (κ1) is 20.5. The smallest absolute Gasteiger partial charge is 0.217 e. The first-order valence-corrected chi connectivity index (χ1v) is 9.36. The zero-order valence-corrected chi connectivity index (χ0v) is 14.6. The van der Waals surface area contributed by atoms with Crippen LogP contribution in [0.4, 0.5) is 0 Å². The lowest BCUT2D eigenvalue weighted by atomic mass is 10.0. The molecule has 0 bridgehead atoms. The Kier molecular flexibility index (Phi) is 17.1. The highest BCUT2D eigenvalue weighted by Crippen LogP contribution is 2.13. The molecule has 2 heteroatoms. The van der Waals surface area contributed by atoms with Gasteiger partial charge in [0, 0.05) is 13.5 Å². The van der Waals surface area contributed by atoms with Crippen LogP contribution in [0.2, 0.25) is 0 Å². The highest BCUT2D eigenvalue weighted by atomic mass is 16.1. The summed E-state index contributed by atoms with van der Waals surface area (Å²) in [6.45, 7) is 5.73. The van der Waals surface area contributed by atoms with Crippen LogP contribution in [0.3, 0.4) is 0 Å². The second-order valence-electron chi connectivity index (χ2n) is 6.29. The van der Waals surface area contributed by atoms with Crippen molar-refractivity contribution in [1.82, 2.24) is 5.32 Å². The summed E-state index contributed by atoms with van der Waals surface area (Å²) < 4.78 is 0. The van der Waals surface area contributed by atoms with Gasteiger partial charge in [-0.15, -0.1) is 0 Å². The Balaban J connectivity index is 2.95. The van der Waals surface area contributed by atoms with Crippen molar-refractivity contribution in [1.29, 1.82) is 0 Å². The van der Waals surface area contributed by atoms with Gasteiger partial charge < -0.3 is 5.32 Å². The summed E-state index contributed by atoms with van der Waals surface area (Å²) in [7, 11) is 0. The van der Waals surface area contributed by atoms with Crippen LogP contribution in [-0.4, -0.2) is 5.91 Å². The topological polar surface area (TPSA) is 29.1 Å². The quantitative estimate of drug-likeness (QED) is 0.340. The summed E-state index contributed by atoms with van der Waals surface area (Å²) in [6, 6.07) is 0. The number of amides is 1. The van der Waals surface area contributed by atoms with E-state index in [1.165, 1.54) is 89.9 Å². The number of unbranched alkanes of at least 4 members (excludes halogenated alkanes) is 14. The Morgan fingerprint density at radius 2 is 1.10 bits per heavy atom. The molecule has 0 rings (SSSR count). The lowest BCUT2D eigenvalue weighted by Gasteiger charge is -2.03. The van der Waals surface area contributed by atoms with Gasteiger partial charge in [-0.3, -0.25) is 4.79 Å². The molecule has 0 aliphatic rings. The molecular weight excluding hydrogens is 258 g/mol. The molecule has 0 unspecified atom stereocenters. The maximum Gasteiger partial charge on any atom is 0.217 e. The Labute approximate surface area is 133 Å². The highest BCUT2D eigenvalue weighted by Gasteiger charge is 1.95. The SMILES string of the molecule is CCCCCCCCCCCCCCCC[CH]NC(C)=O. The molecule has 0 aromatic heterocycles. The standard InChI is InChI=1S/C19H38NO/c1-3-4-5-6-7-8-9-10-11-12-13-14-15-16-17-18-20-19(2)21/h18H,3-17H2,1-2H3,(H,20,21). The number of carbonyl (C=O) groups is 1. The van der Waals surface area contributed by atoms with E-state index in [2.05, 4.69) is 12.2 Å². The molecule has 0 atom stereocenters. The zero-order valence-electron chi connectivity index (χ0n) is 14.6. The van der Waals surface area contributed by atoms with E-state index in [9.17, 15) is 4.79 Å². The van der Waals surface area contributed by atoms with E-state index >= 15 is 0 Å². The molecule has 0 heterocycles. The van der Waals surface area contributed by atoms with Gasteiger partial charge in [-0.1, -0.05) is 96.8 Å². The molecule has 0 saturated heterocycles. The van der Waals surface area contributed by atoms with Crippen LogP contribution in [0.25, 0.3) is 0 Å². The minimum absolute atomic E-state index is 0.0420. The Bertz CT molecular complexity index is 216. The van der Waals surface area contributed by atoms with Crippen molar-refractivity contribution in [2.75, 3.05) is 0 Å². The van der Waals surface area contributed by atoms with Crippen LogP contribution in [0, 0.1) is 6.54 Å². The Hall–Kier alpha value is -0.530. The Morgan fingerprint density at radius 3 is 1.48 bits per heavy atom. The van der Waals surface area contributed by atoms with E-state index < -0.39 is 0 Å². The molecule has 2 nitrogen and oxygen atoms in total. The van der Waals surface area contributed by atoms with Crippen LogP contribution < -0.4 is 5.32 Å². The average molecular weight is 297 g/mol. The highest BCUT2D eigenvalue weighted by molar-refractivity contribution is 5.73. The van der Waals surface area contributed by atoms with Crippen molar-refractivity contribution in [3.05, 3.63) is 6.54 Å². The maximum absolute atomic E-state index is 10.6. The van der Waals surface area contributed by atoms with Crippen LogP contribution in [0.5, 0.6) is 0 Å². The molecule has 0 aliphatic heterocycles. The summed E-state index contributed by atoms with van der Waals surface area (Å²) in [5.74, 6) is 0.0420. The van der Waals surface area contributed by atoms with Gasteiger partial charge in [-0.25, -0.2) is 0 Å². The molecule has 1 N–H and O–H groups in total. The van der Waals surface area contributed by atoms with Crippen LogP contribution in [0.1, 0.15) is 110 Å². The fraction of sp³-hybridized carbons (Fsp3) is 0.895. The van der Waals surface area contributed by atoms with Gasteiger partial charge in [0.2, 0.25) is 5.91 Å². The molecular formula is C19H38NO. The Morgan fingerprint density at radius 1 is 0.714 bits per heavy atom. The lowest BCUT2D eigenvalue weighted by molar-refractivity contribution is -0.118. The molecule has 1 amide bonds. The summed E-state index contributed by atoms with van der Waals surface area (Å²) in [5, 5.41) is 2.73. The molecule has 0 aromatic carbocycles. The van der Waals surface area contributed by atoms with E-state index in [0.29, 0.717) is 0 Å². The van der Waals surface area contributed by atoms with Crippen molar-refractivity contribution in [3.8, 4) is 0 Å². The third-order valence-electron chi connectivity index (χ3n) is 4.01. The second-order valence-corrected chi connectivity index (χ2v) is 6.29. The number of hydrogen-bond acceptors (Lipinski definition) is 1. The molecule has 0 spiro atoms. The van der Waals surface area contributed by atoms with Gasteiger partial charge in [0.1, 0.15) is 0 Å². The zero-order chi connectivity index (χ0) is 15.6. The average Bonchev–Trinajstić information content (AvgIpc) is 2.46. The summed E-state index contributed by atoms with van der Waals surface area (Å²) in [4.78, 5) is 10.6. The van der Waals surface area contributed by atoms with E-state index in [4.69, 9.17) is 0 Å². The van der Waals surface area contributed by atoms with Crippen molar-refractivity contribution < 1.29 is 4.79 Å². The van der Waals surface area contributed by atoms with Crippen LogP contribution in [-0.2, 0) is 4.79 Å². The summed E-state index contributed by atoms with van der Waals surface area (Å²) >= 11 is 0. The fourth-order valence-electron chi connectivity index (χ4n) is 2.66. The first-order valence-electron chi connectivity index (χ1n) is 9.36. The second kappa shape index (κ2) is 17.5. The van der Waals surface area contributed by atoms with Crippen molar-refractivity contribution in [2.45, 2.75) is 110 Å². The van der Waals surface area contributed by atoms with Gasteiger partial charge in [-0.2, -0.15) is 0 Å². The fourth-order valence-corrected chi connectivity index (χ4v) is 2.66. The van der Waals surface area contributed by atoms with E-state index in [1.54, 1.807) is 6.92 Å². The van der Waals surface area contributed by atoms with Crippen molar-refractivity contribution in [3.63, 3.8) is 0 Å². The van der Waals surface area contributed by atoms with Gasteiger partial charge in [0.05, 0.1) is 0 Å². The predicted molar refractivity (Wildman–Crippen MR) is 93.0 cm³/mol. The number of hydrogen-bond donors (Lipinski definition) is 1. The summed E-state index contributed by atoms with van der Waals surface area (Å²) in [5.41, 5.74) is 0. The van der Waals surface area contributed by atoms with Gasteiger partial charge in [-0.05, 0) is 6.42 Å². The van der Waals surface area contributed by atoms with Crippen molar-refractivity contribution in [2.24, 2.45) is 0 Å². The number of rotatable bonds is 16. The number of nitrogens with one attached hydrogen (secondary N) is 1. The van der Waals surface area contributed by atoms with Crippen LogP contribution >= 0.6 is 0 Å². The van der Waals surface area contributed by atoms with Crippen molar-refractivity contribution >= 4 is 5.91 Å². The normalized spacial score (nSPS) is 10.8. The minimum atomic E-state index is 0.0420. The van der Waals surface area contributed by atoms with Gasteiger partial charge >= 0.3 is 0 Å². The maximum atomic E-state index is 10.6. The minimum Gasteiger partial charge on any atom is -0.352 e. The van der Waals surface area contributed by atoms with E-state index in [1.807, 2.05) is 6.54 Å². The third-order valence-corrected chi connectivity index (χ3v) is 4.01. The molecule has 0 saturated carbocycles. The molecule has 0 aromatic rings. The molecule has 125 valence electrons. The van der Waals surface area contributed by atoms with Gasteiger partial charge in [0.25, 0.3) is 0 Å². The van der Waals surface area contributed by atoms with Crippen LogP contribution in [0.15, 0.2) is 0 Å². The van der Waals surface area contributed by atoms with Gasteiger partial charge in [0.15, 0.2) is 0 Å². The third kappa shape index (κ3) is 19.5. The molecule has 1 radical (unpaired) electrons. The van der Waals surface area contributed by atoms with E-state index in [-0.39, 0.29) is 5.91 Å². The molecule has 21 heavy (non-hydrogen) atoms. The summed E-state index contributed by atoms with van der Waals surface area (Å²) in [6.07, 6.45) is 20.5. The lowest BCUT2D eigenvalue weighted by Crippen LogP contribution is -2.15. The monoisotopic (exact) mass is 296 g/mol.